The lowest BCUT2D eigenvalue weighted by atomic mass is 10.2. The SMILES string of the molecule is [CH2-]Cc1cccc(F)c1. The van der Waals surface area contributed by atoms with Gasteiger partial charge in [-0.3, -0.25) is 0 Å². The van der Waals surface area contributed by atoms with Gasteiger partial charge in [-0.1, -0.05) is 17.7 Å². The maximum absolute atomic E-state index is 12.3. The van der Waals surface area contributed by atoms with Crippen LogP contribution in [0.2, 0.25) is 0 Å². The molecule has 0 aliphatic heterocycles. The van der Waals surface area contributed by atoms with Crippen molar-refractivity contribution >= 4 is 0 Å². The van der Waals surface area contributed by atoms with Crippen LogP contribution in [-0.2, 0) is 6.42 Å². The summed E-state index contributed by atoms with van der Waals surface area (Å²) in [6.45, 7) is 3.63. The Hall–Kier alpha value is -0.850. The van der Waals surface area contributed by atoms with E-state index < -0.39 is 0 Å². The first-order chi connectivity index (χ1) is 4.33. The summed E-state index contributed by atoms with van der Waals surface area (Å²) in [4.78, 5) is 0. The molecule has 0 aliphatic carbocycles. The summed E-state index contributed by atoms with van der Waals surface area (Å²) < 4.78 is 12.3. The molecule has 0 saturated carbocycles. The van der Waals surface area contributed by atoms with E-state index in [9.17, 15) is 4.39 Å². The average molecular weight is 123 g/mol. The molecule has 0 atom stereocenters. The molecule has 0 N–H and O–H groups in total. The lowest BCUT2D eigenvalue weighted by Crippen LogP contribution is -1.79. The van der Waals surface area contributed by atoms with Crippen molar-refractivity contribution in [1.29, 1.82) is 0 Å². The molecule has 0 aliphatic rings. The molecule has 0 spiro atoms. The summed E-state index contributed by atoms with van der Waals surface area (Å²) in [5.41, 5.74) is 0.940. The van der Waals surface area contributed by atoms with Crippen molar-refractivity contribution in [1.82, 2.24) is 0 Å². The molecular formula is C8H8F-. The molecule has 0 heterocycles. The second kappa shape index (κ2) is 2.62. The number of hydrogen-bond acceptors (Lipinski definition) is 0. The number of benzene rings is 1. The van der Waals surface area contributed by atoms with E-state index in [2.05, 4.69) is 6.92 Å². The van der Waals surface area contributed by atoms with E-state index in [0.29, 0.717) is 6.42 Å². The summed E-state index contributed by atoms with van der Waals surface area (Å²) in [6.07, 6.45) is 0.651. The standard InChI is InChI=1S/C8H8F/c1-2-7-4-3-5-8(9)6-7/h3-6H,1-2H2/q-1. The van der Waals surface area contributed by atoms with Gasteiger partial charge in [0.15, 0.2) is 0 Å². The van der Waals surface area contributed by atoms with Crippen molar-refractivity contribution in [3.05, 3.63) is 42.6 Å². The fourth-order valence-electron chi connectivity index (χ4n) is 0.692. The molecule has 0 saturated heterocycles. The molecule has 0 nitrogen and oxygen atoms in total. The predicted molar refractivity (Wildman–Crippen MR) is 35.5 cm³/mol. The average Bonchev–Trinajstić information content (AvgIpc) is 1.88. The lowest BCUT2D eigenvalue weighted by molar-refractivity contribution is 0.626. The van der Waals surface area contributed by atoms with E-state index in [1.54, 1.807) is 6.07 Å². The monoisotopic (exact) mass is 123 g/mol. The smallest absolute Gasteiger partial charge is 0.123 e. The van der Waals surface area contributed by atoms with Crippen molar-refractivity contribution in [2.45, 2.75) is 6.42 Å². The van der Waals surface area contributed by atoms with Crippen LogP contribution in [0.15, 0.2) is 24.3 Å². The fraction of sp³-hybridized carbons (Fsp3) is 0.125. The summed E-state index contributed by atoms with van der Waals surface area (Å²) >= 11 is 0. The summed E-state index contributed by atoms with van der Waals surface area (Å²) in [5, 5.41) is 0. The first-order valence-corrected chi connectivity index (χ1v) is 2.86. The maximum Gasteiger partial charge on any atom is 0.123 e. The Bertz CT molecular complexity index is 194. The Labute approximate surface area is 54.3 Å². The Kier molecular flexibility index (Phi) is 1.83. The highest BCUT2D eigenvalue weighted by Gasteiger charge is 1.86. The third-order valence-electron chi connectivity index (χ3n) is 1.18. The molecule has 1 aromatic rings. The number of hydrogen-bond donors (Lipinski definition) is 0. The lowest BCUT2D eigenvalue weighted by Gasteiger charge is -1.97. The highest BCUT2D eigenvalue weighted by Crippen LogP contribution is 2.02. The molecule has 1 heteroatoms. The second-order valence-corrected chi connectivity index (χ2v) is 1.88. The zero-order valence-corrected chi connectivity index (χ0v) is 5.10. The van der Waals surface area contributed by atoms with E-state index in [1.165, 1.54) is 12.1 Å². The fourth-order valence-corrected chi connectivity index (χ4v) is 0.692. The Morgan fingerprint density at radius 1 is 1.44 bits per heavy atom. The van der Waals surface area contributed by atoms with Crippen molar-refractivity contribution in [2.24, 2.45) is 0 Å². The van der Waals surface area contributed by atoms with E-state index in [4.69, 9.17) is 0 Å². The summed E-state index contributed by atoms with van der Waals surface area (Å²) in [7, 11) is 0. The minimum atomic E-state index is -0.184. The predicted octanol–water partition coefficient (Wildman–Crippen LogP) is 2.20. The van der Waals surface area contributed by atoms with Gasteiger partial charge in [0.25, 0.3) is 0 Å². The van der Waals surface area contributed by atoms with Crippen LogP contribution in [0, 0.1) is 12.7 Å². The first kappa shape index (κ1) is 6.27. The quantitative estimate of drug-likeness (QED) is 0.502. The highest BCUT2D eigenvalue weighted by atomic mass is 19.1. The molecule has 1 rings (SSSR count). The van der Waals surface area contributed by atoms with Crippen LogP contribution in [0.3, 0.4) is 0 Å². The van der Waals surface area contributed by atoms with Gasteiger partial charge >= 0.3 is 0 Å². The molecule has 48 valence electrons. The van der Waals surface area contributed by atoms with Gasteiger partial charge < -0.3 is 6.92 Å². The van der Waals surface area contributed by atoms with E-state index in [1.807, 2.05) is 6.07 Å². The minimum Gasteiger partial charge on any atom is -0.339 e. The van der Waals surface area contributed by atoms with Gasteiger partial charge in [0, 0.05) is 0 Å². The zero-order valence-electron chi connectivity index (χ0n) is 5.10. The normalized spacial score (nSPS) is 9.56. The highest BCUT2D eigenvalue weighted by molar-refractivity contribution is 5.16. The van der Waals surface area contributed by atoms with E-state index in [0.717, 1.165) is 5.56 Å². The van der Waals surface area contributed by atoms with Gasteiger partial charge in [-0.2, -0.15) is 6.42 Å². The van der Waals surface area contributed by atoms with Crippen LogP contribution in [0.4, 0.5) is 4.39 Å². The minimum absolute atomic E-state index is 0.184. The molecule has 0 aromatic heterocycles. The number of rotatable bonds is 1. The van der Waals surface area contributed by atoms with Gasteiger partial charge in [0.1, 0.15) is 5.82 Å². The first-order valence-electron chi connectivity index (χ1n) is 2.86. The largest absolute Gasteiger partial charge is 0.339 e. The zero-order chi connectivity index (χ0) is 6.69. The number of halogens is 1. The van der Waals surface area contributed by atoms with Gasteiger partial charge in [0.2, 0.25) is 0 Å². The van der Waals surface area contributed by atoms with E-state index >= 15 is 0 Å². The van der Waals surface area contributed by atoms with Gasteiger partial charge in [-0.05, 0) is 12.1 Å². The summed E-state index contributed by atoms with van der Waals surface area (Å²) in [6, 6.07) is 6.47. The molecule has 0 radical (unpaired) electrons. The van der Waals surface area contributed by atoms with Crippen molar-refractivity contribution in [3.63, 3.8) is 0 Å². The van der Waals surface area contributed by atoms with Crippen LogP contribution in [-0.4, -0.2) is 0 Å². The van der Waals surface area contributed by atoms with Gasteiger partial charge in [0.05, 0.1) is 0 Å². The molecule has 0 fully saturated rings. The van der Waals surface area contributed by atoms with Crippen LogP contribution < -0.4 is 0 Å². The Balaban J connectivity index is 2.94. The summed E-state index contributed by atoms with van der Waals surface area (Å²) in [5.74, 6) is -0.184. The van der Waals surface area contributed by atoms with E-state index in [-0.39, 0.29) is 5.82 Å². The van der Waals surface area contributed by atoms with Crippen molar-refractivity contribution in [3.8, 4) is 0 Å². The Morgan fingerprint density at radius 3 is 2.67 bits per heavy atom. The van der Waals surface area contributed by atoms with Crippen LogP contribution in [0.5, 0.6) is 0 Å². The topological polar surface area (TPSA) is 0 Å². The molecule has 0 amide bonds. The van der Waals surface area contributed by atoms with Crippen LogP contribution in [0.25, 0.3) is 0 Å². The third-order valence-corrected chi connectivity index (χ3v) is 1.18. The third kappa shape index (κ3) is 1.53. The Morgan fingerprint density at radius 2 is 2.22 bits per heavy atom. The van der Waals surface area contributed by atoms with Crippen LogP contribution in [0.1, 0.15) is 5.56 Å². The van der Waals surface area contributed by atoms with Crippen molar-refractivity contribution in [2.75, 3.05) is 0 Å². The van der Waals surface area contributed by atoms with Crippen molar-refractivity contribution < 1.29 is 4.39 Å². The van der Waals surface area contributed by atoms with Gasteiger partial charge in [-0.25, -0.2) is 4.39 Å². The maximum atomic E-state index is 12.3. The van der Waals surface area contributed by atoms with Crippen LogP contribution >= 0.6 is 0 Å². The van der Waals surface area contributed by atoms with Gasteiger partial charge in [-0.15, -0.1) is 0 Å². The molecule has 1 aromatic carbocycles. The molecule has 9 heavy (non-hydrogen) atoms. The second-order valence-electron chi connectivity index (χ2n) is 1.88. The molecular weight excluding hydrogens is 115 g/mol. The molecule has 0 bridgehead atoms. The molecule has 0 unspecified atom stereocenters.